The normalized spacial score (nSPS) is 31.4. The van der Waals surface area contributed by atoms with Crippen molar-refractivity contribution < 1.29 is 14.7 Å². The molecule has 0 saturated carbocycles. The third kappa shape index (κ3) is 2.97. The second-order valence-corrected chi connectivity index (χ2v) is 6.35. The summed E-state index contributed by atoms with van der Waals surface area (Å²) in [7, 11) is 0. The monoisotopic (exact) mass is 298 g/mol. The van der Waals surface area contributed by atoms with E-state index in [1.54, 1.807) is 6.08 Å². The summed E-state index contributed by atoms with van der Waals surface area (Å²) in [5.41, 5.74) is 1.04. The number of piperidine rings is 1. The molecule has 3 unspecified atom stereocenters. The fourth-order valence-electron chi connectivity index (χ4n) is 3.66. The minimum atomic E-state index is -1.04. The predicted molar refractivity (Wildman–Crippen MR) is 80.9 cm³/mol. The van der Waals surface area contributed by atoms with Crippen molar-refractivity contribution >= 4 is 11.8 Å². The average molecular weight is 298 g/mol. The highest BCUT2D eigenvalue weighted by Gasteiger charge is 2.43. The predicted octanol–water partition coefficient (Wildman–Crippen LogP) is 1.01. The molecule has 3 rings (SSSR count). The van der Waals surface area contributed by atoms with Crippen molar-refractivity contribution in [3.63, 3.8) is 0 Å². The van der Waals surface area contributed by atoms with Gasteiger partial charge in [-0.25, -0.2) is 0 Å². The van der Waals surface area contributed by atoms with E-state index in [2.05, 4.69) is 17.4 Å². The molecule has 3 atom stereocenters. The van der Waals surface area contributed by atoms with E-state index in [-0.39, 0.29) is 17.2 Å². The Hall–Kier alpha value is -1.94. The Labute approximate surface area is 130 Å². The molecular weight excluding hydrogens is 278 g/mol. The van der Waals surface area contributed by atoms with Gasteiger partial charge in [0.25, 0.3) is 0 Å². The zero-order valence-corrected chi connectivity index (χ0v) is 12.5. The van der Waals surface area contributed by atoms with Crippen molar-refractivity contribution in [3.8, 4) is 0 Å². The van der Waals surface area contributed by atoms with Crippen LogP contribution in [0.15, 0.2) is 42.5 Å². The van der Waals surface area contributed by atoms with E-state index in [0.717, 1.165) is 19.3 Å². The first-order valence-electron chi connectivity index (χ1n) is 7.82. The lowest BCUT2D eigenvalue weighted by molar-refractivity contribution is -0.309. The van der Waals surface area contributed by atoms with Crippen LogP contribution >= 0.6 is 0 Å². The van der Waals surface area contributed by atoms with Crippen LogP contribution in [0.5, 0.6) is 0 Å². The molecule has 1 N–H and O–H groups in total. The smallest absolute Gasteiger partial charge is 0.155 e. The topological polar surface area (TPSA) is 69.2 Å². The number of benzene rings is 1. The van der Waals surface area contributed by atoms with Crippen LogP contribution in [-0.4, -0.2) is 23.8 Å². The lowest BCUT2D eigenvalue weighted by atomic mass is 9.65. The van der Waals surface area contributed by atoms with Crippen molar-refractivity contribution in [1.29, 1.82) is 0 Å². The summed E-state index contributed by atoms with van der Waals surface area (Å²) >= 11 is 0. The molecule has 0 bridgehead atoms. The summed E-state index contributed by atoms with van der Waals surface area (Å²) < 4.78 is 0. The van der Waals surface area contributed by atoms with Crippen LogP contribution in [0.25, 0.3) is 0 Å². The maximum atomic E-state index is 11.5. The summed E-state index contributed by atoms with van der Waals surface area (Å²) in [6.45, 7) is 0. The van der Waals surface area contributed by atoms with Gasteiger partial charge in [-0.1, -0.05) is 36.4 Å². The molecule has 1 spiro atoms. The summed E-state index contributed by atoms with van der Waals surface area (Å²) in [5, 5.41) is 14.5. The fourth-order valence-corrected chi connectivity index (χ4v) is 3.66. The van der Waals surface area contributed by atoms with Gasteiger partial charge in [0.15, 0.2) is 5.78 Å². The van der Waals surface area contributed by atoms with Gasteiger partial charge in [-0.05, 0) is 37.3 Å². The van der Waals surface area contributed by atoms with Crippen molar-refractivity contribution in [1.82, 2.24) is 5.32 Å². The van der Waals surface area contributed by atoms with Gasteiger partial charge in [-0.15, -0.1) is 0 Å². The molecule has 0 aromatic heterocycles. The van der Waals surface area contributed by atoms with Crippen molar-refractivity contribution in [2.24, 2.45) is 5.41 Å². The van der Waals surface area contributed by atoms with E-state index in [1.807, 2.05) is 24.3 Å². The Morgan fingerprint density at radius 3 is 2.68 bits per heavy atom. The quantitative estimate of drug-likeness (QED) is 0.904. The molecule has 22 heavy (non-hydrogen) atoms. The number of hydrogen-bond donors (Lipinski definition) is 1. The molecule has 4 nitrogen and oxygen atoms in total. The van der Waals surface area contributed by atoms with Crippen LogP contribution in [0.2, 0.25) is 0 Å². The third-order valence-corrected chi connectivity index (χ3v) is 5.00. The zero-order valence-electron chi connectivity index (χ0n) is 12.5. The molecular formula is C18H20NO3-. The molecule has 4 heteroatoms. The summed E-state index contributed by atoms with van der Waals surface area (Å²) in [5.74, 6) is -0.880. The van der Waals surface area contributed by atoms with Crippen LogP contribution in [0, 0.1) is 5.41 Å². The van der Waals surface area contributed by atoms with Gasteiger partial charge in [0.1, 0.15) is 0 Å². The molecule has 1 saturated heterocycles. The largest absolute Gasteiger partial charge is 0.548 e. The van der Waals surface area contributed by atoms with E-state index in [9.17, 15) is 14.7 Å². The highest BCUT2D eigenvalue weighted by Crippen LogP contribution is 2.42. The van der Waals surface area contributed by atoms with Crippen LogP contribution in [-0.2, 0) is 16.0 Å². The summed E-state index contributed by atoms with van der Waals surface area (Å²) in [6.07, 6.45) is 7.08. The number of carbonyl (C=O) groups excluding carboxylic acids is 2. The van der Waals surface area contributed by atoms with Crippen LogP contribution in [0.4, 0.5) is 0 Å². The lowest BCUT2D eigenvalue weighted by Gasteiger charge is -2.47. The van der Waals surface area contributed by atoms with Crippen molar-refractivity contribution in [2.45, 2.75) is 44.2 Å². The van der Waals surface area contributed by atoms with E-state index < -0.39 is 12.0 Å². The number of carboxylic acids is 1. The van der Waals surface area contributed by atoms with Gasteiger partial charge in [-0.2, -0.15) is 0 Å². The Balaban J connectivity index is 1.86. The number of ketones is 1. The first-order valence-corrected chi connectivity index (χ1v) is 7.82. The Morgan fingerprint density at radius 2 is 2.05 bits per heavy atom. The zero-order chi connectivity index (χ0) is 15.6. The minimum absolute atomic E-state index is 0.0101. The average Bonchev–Trinajstić information content (AvgIpc) is 2.53. The molecule has 0 radical (unpaired) electrons. The fraction of sp³-hybridized carbons (Fsp3) is 0.444. The van der Waals surface area contributed by atoms with Crippen molar-refractivity contribution in [2.75, 3.05) is 0 Å². The second kappa shape index (κ2) is 6.05. The standard InChI is InChI=1S/C18H21NO3/c20-14-6-9-18(10-7-14)11-8-15(17(21)22)19-16(18)12-13-4-2-1-3-5-13/h1-6,9,15-16,19H,7-8,10-12H2,(H,21,22)/p-1. The maximum absolute atomic E-state index is 11.5. The maximum Gasteiger partial charge on any atom is 0.155 e. The molecule has 1 aromatic carbocycles. The van der Waals surface area contributed by atoms with Crippen LogP contribution < -0.4 is 10.4 Å². The molecule has 1 aliphatic heterocycles. The first kappa shape index (κ1) is 15.0. The van der Waals surface area contributed by atoms with Gasteiger partial charge in [0.2, 0.25) is 0 Å². The number of rotatable bonds is 3. The second-order valence-electron chi connectivity index (χ2n) is 6.35. The molecule has 1 heterocycles. The molecule has 116 valence electrons. The number of hydrogen-bond acceptors (Lipinski definition) is 4. The van der Waals surface area contributed by atoms with Gasteiger partial charge >= 0.3 is 0 Å². The third-order valence-electron chi connectivity index (χ3n) is 5.00. The molecule has 0 amide bonds. The van der Waals surface area contributed by atoms with Crippen molar-refractivity contribution in [3.05, 3.63) is 48.0 Å². The highest BCUT2D eigenvalue weighted by molar-refractivity contribution is 5.90. The number of nitrogens with one attached hydrogen (secondary N) is 1. The molecule has 1 fully saturated rings. The molecule has 1 aromatic rings. The Kier molecular flexibility index (Phi) is 4.12. The molecule has 1 aliphatic carbocycles. The van der Waals surface area contributed by atoms with E-state index in [0.29, 0.717) is 12.8 Å². The number of carbonyl (C=O) groups is 2. The van der Waals surface area contributed by atoms with Gasteiger partial charge in [0, 0.05) is 23.9 Å². The number of carboxylic acid groups (broad SMARTS) is 1. The SMILES string of the molecule is O=C1C=CC2(CC1)CCC(C(=O)[O-])NC2Cc1ccccc1. The Morgan fingerprint density at radius 1 is 1.27 bits per heavy atom. The minimum Gasteiger partial charge on any atom is -0.548 e. The summed E-state index contributed by atoms with van der Waals surface area (Å²) in [4.78, 5) is 22.7. The van der Waals surface area contributed by atoms with E-state index in [1.165, 1.54) is 5.56 Å². The number of allylic oxidation sites excluding steroid dienone is 1. The van der Waals surface area contributed by atoms with Gasteiger partial charge in [0.05, 0.1) is 5.97 Å². The van der Waals surface area contributed by atoms with E-state index in [4.69, 9.17) is 0 Å². The summed E-state index contributed by atoms with van der Waals surface area (Å²) in [6, 6.07) is 9.45. The number of aliphatic carboxylic acids is 1. The Bertz CT molecular complexity index is 596. The highest BCUT2D eigenvalue weighted by atomic mass is 16.4. The van der Waals surface area contributed by atoms with Gasteiger partial charge < -0.3 is 15.2 Å². The van der Waals surface area contributed by atoms with Crippen LogP contribution in [0.3, 0.4) is 0 Å². The molecule has 2 aliphatic rings. The van der Waals surface area contributed by atoms with E-state index >= 15 is 0 Å². The lowest BCUT2D eigenvalue weighted by Crippen LogP contribution is -2.60. The first-order chi connectivity index (χ1) is 10.6. The van der Waals surface area contributed by atoms with Gasteiger partial charge in [-0.3, -0.25) is 4.79 Å². The van der Waals surface area contributed by atoms with Crippen LogP contribution in [0.1, 0.15) is 31.2 Å².